The largest absolute Gasteiger partial charge is 0.494 e. The molecule has 0 amide bonds. The van der Waals surface area contributed by atoms with Crippen molar-refractivity contribution in [2.24, 2.45) is 0 Å². The van der Waals surface area contributed by atoms with Gasteiger partial charge in [0.15, 0.2) is 0 Å². The summed E-state index contributed by atoms with van der Waals surface area (Å²) in [5.41, 5.74) is 0.0958. The second-order valence-electron chi connectivity index (χ2n) is 7.27. The standard InChI is InChI=1S/C23H25F3N4O2/c1-4-13-31-18-9-5-16(6-10-18)28-21-20(23(24,25)26)14-27-22(30-21)29-17-7-11-19(12-8-17)32-15(2)3/h5-12,14-15H,4,13H2,1-3H3,(H2,27,28,29,30). The summed E-state index contributed by atoms with van der Waals surface area (Å²) in [5.74, 6) is 1.01. The van der Waals surface area contributed by atoms with Crippen LogP contribution in [0.15, 0.2) is 54.7 Å². The Bertz CT molecular complexity index is 1010. The van der Waals surface area contributed by atoms with Gasteiger partial charge in [-0.25, -0.2) is 4.98 Å². The molecule has 170 valence electrons. The summed E-state index contributed by atoms with van der Waals surface area (Å²) in [7, 11) is 0. The Hall–Kier alpha value is -3.49. The van der Waals surface area contributed by atoms with Gasteiger partial charge in [0, 0.05) is 17.6 Å². The number of hydrogen-bond donors (Lipinski definition) is 2. The van der Waals surface area contributed by atoms with E-state index < -0.39 is 11.7 Å². The number of nitrogens with one attached hydrogen (secondary N) is 2. The summed E-state index contributed by atoms with van der Waals surface area (Å²) in [6.07, 6.45) is -2.96. The molecule has 2 N–H and O–H groups in total. The van der Waals surface area contributed by atoms with E-state index in [1.54, 1.807) is 48.5 Å². The molecule has 1 heterocycles. The van der Waals surface area contributed by atoms with Crippen LogP contribution < -0.4 is 20.1 Å². The van der Waals surface area contributed by atoms with E-state index in [1.807, 2.05) is 20.8 Å². The first-order valence-electron chi connectivity index (χ1n) is 10.2. The first kappa shape index (κ1) is 23.2. The van der Waals surface area contributed by atoms with Crippen LogP contribution in [0.5, 0.6) is 11.5 Å². The molecule has 6 nitrogen and oxygen atoms in total. The maximum Gasteiger partial charge on any atom is 0.421 e. The number of benzene rings is 2. The van der Waals surface area contributed by atoms with Crippen molar-refractivity contribution in [3.63, 3.8) is 0 Å². The molecule has 1 aromatic heterocycles. The number of rotatable bonds is 9. The second-order valence-corrected chi connectivity index (χ2v) is 7.27. The zero-order valence-corrected chi connectivity index (χ0v) is 18.0. The first-order valence-corrected chi connectivity index (χ1v) is 10.2. The predicted octanol–water partition coefficient (Wildman–Crippen LogP) is 6.56. The number of alkyl halides is 3. The van der Waals surface area contributed by atoms with Crippen LogP contribution in [0.1, 0.15) is 32.8 Å². The van der Waals surface area contributed by atoms with Crippen molar-refractivity contribution in [1.29, 1.82) is 0 Å². The van der Waals surface area contributed by atoms with Gasteiger partial charge < -0.3 is 20.1 Å². The maximum atomic E-state index is 13.5. The lowest BCUT2D eigenvalue weighted by Gasteiger charge is -2.15. The Balaban J connectivity index is 1.80. The molecule has 0 saturated carbocycles. The molecular weight excluding hydrogens is 421 g/mol. The van der Waals surface area contributed by atoms with E-state index in [-0.39, 0.29) is 17.9 Å². The van der Waals surface area contributed by atoms with Crippen molar-refractivity contribution in [2.75, 3.05) is 17.2 Å². The minimum Gasteiger partial charge on any atom is -0.494 e. The van der Waals surface area contributed by atoms with Crippen LogP contribution in [0, 0.1) is 0 Å². The van der Waals surface area contributed by atoms with Crippen LogP contribution >= 0.6 is 0 Å². The predicted molar refractivity (Wildman–Crippen MR) is 118 cm³/mol. The van der Waals surface area contributed by atoms with Crippen molar-refractivity contribution in [3.05, 3.63) is 60.3 Å². The maximum absolute atomic E-state index is 13.5. The van der Waals surface area contributed by atoms with E-state index in [2.05, 4.69) is 20.6 Å². The van der Waals surface area contributed by atoms with Crippen molar-refractivity contribution >= 4 is 23.1 Å². The molecule has 9 heteroatoms. The minimum absolute atomic E-state index is 0.0286. The van der Waals surface area contributed by atoms with E-state index in [1.165, 1.54) is 0 Å². The highest BCUT2D eigenvalue weighted by Crippen LogP contribution is 2.35. The van der Waals surface area contributed by atoms with Crippen LogP contribution in [0.4, 0.5) is 36.3 Å². The van der Waals surface area contributed by atoms with Gasteiger partial charge in [-0.2, -0.15) is 18.2 Å². The van der Waals surface area contributed by atoms with E-state index >= 15 is 0 Å². The van der Waals surface area contributed by atoms with E-state index in [9.17, 15) is 13.2 Å². The van der Waals surface area contributed by atoms with Crippen molar-refractivity contribution in [1.82, 2.24) is 9.97 Å². The lowest BCUT2D eigenvalue weighted by Crippen LogP contribution is -2.12. The SMILES string of the molecule is CCCOc1ccc(Nc2nc(Nc3ccc(OC(C)C)cc3)ncc2C(F)(F)F)cc1. The molecule has 0 saturated heterocycles. The molecule has 32 heavy (non-hydrogen) atoms. The van der Waals surface area contributed by atoms with Crippen LogP contribution in [0.2, 0.25) is 0 Å². The summed E-state index contributed by atoms with van der Waals surface area (Å²) < 4.78 is 51.5. The molecule has 0 radical (unpaired) electrons. The van der Waals surface area contributed by atoms with E-state index in [0.29, 0.717) is 29.5 Å². The topological polar surface area (TPSA) is 68.3 Å². The highest BCUT2D eigenvalue weighted by molar-refractivity contribution is 5.63. The zero-order chi connectivity index (χ0) is 23.1. The summed E-state index contributed by atoms with van der Waals surface area (Å²) in [4.78, 5) is 7.88. The smallest absolute Gasteiger partial charge is 0.421 e. The van der Waals surface area contributed by atoms with Gasteiger partial charge >= 0.3 is 6.18 Å². The fourth-order valence-corrected chi connectivity index (χ4v) is 2.75. The molecule has 3 aromatic rings. The Morgan fingerprint density at radius 1 is 0.906 bits per heavy atom. The van der Waals surface area contributed by atoms with Crippen LogP contribution in [-0.2, 0) is 6.18 Å². The van der Waals surface area contributed by atoms with E-state index in [0.717, 1.165) is 12.6 Å². The number of nitrogens with zero attached hydrogens (tertiary/aromatic N) is 2. The number of anilines is 4. The number of aromatic nitrogens is 2. The van der Waals surface area contributed by atoms with Crippen molar-refractivity contribution in [3.8, 4) is 11.5 Å². The third-order valence-electron chi connectivity index (χ3n) is 4.17. The summed E-state index contributed by atoms with van der Waals surface area (Å²) in [5, 5.41) is 5.65. The summed E-state index contributed by atoms with van der Waals surface area (Å²) >= 11 is 0. The van der Waals surface area contributed by atoms with Gasteiger partial charge in [-0.05, 0) is 68.8 Å². The van der Waals surface area contributed by atoms with E-state index in [4.69, 9.17) is 9.47 Å². The van der Waals surface area contributed by atoms with Gasteiger partial charge in [-0.3, -0.25) is 0 Å². The van der Waals surface area contributed by atoms with Crippen molar-refractivity contribution < 1.29 is 22.6 Å². The summed E-state index contributed by atoms with van der Waals surface area (Å²) in [6, 6.07) is 13.6. The monoisotopic (exact) mass is 446 g/mol. The molecule has 0 aliphatic rings. The summed E-state index contributed by atoms with van der Waals surface area (Å²) in [6.45, 7) is 6.39. The Morgan fingerprint density at radius 3 is 2.06 bits per heavy atom. The molecule has 0 aliphatic heterocycles. The van der Waals surface area contributed by atoms with Crippen LogP contribution in [-0.4, -0.2) is 22.7 Å². The lowest BCUT2D eigenvalue weighted by atomic mass is 10.2. The van der Waals surface area contributed by atoms with Crippen molar-refractivity contribution in [2.45, 2.75) is 39.5 Å². The van der Waals surface area contributed by atoms with Crippen LogP contribution in [0.3, 0.4) is 0 Å². The average Bonchev–Trinajstić information content (AvgIpc) is 2.74. The zero-order valence-electron chi connectivity index (χ0n) is 18.0. The quantitative estimate of drug-likeness (QED) is 0.388. The van der Waals surface area contributed by atoms with Gasteiger partial charge in [0.05, 0.1) is 12.7 Å². The Kier molecular flexibility index (Phi) is 7.40. The Morgan fingerprint density at radius 2 is 1.50 bits per heavy atom. The van der Waals surface area contributed by atoms with Gasteiger partial charge in [-0.15, -0.1) is 0 Å². The van der Waals surface area contributed by atoms with Gasteiger partial charge in [-0.1, -0.05) is 6.92 Å². The number of hydrogen-bond acceptors (Lipinski definition) is 6. The molecule has 0 aliphatic carbocycles. The lowest BCUT2D eigenvalue weighted by molar-refractivity contribution is -0.137. The van der Waals surface area contributed by atoms with Gasteiger partial charge in [0.2, 0.25) is 5.95 Å². The molecule has 0 bridgehead atoms. The Labute approximate surface area is 184 Å². The highest BCUT2D eigenvalue weighted by atomic mass is 19.4. The average molecular weight is 446 g/mol. The molecular formula is C23H25F3N4O2. The number of halogens is 3. The molecule has 2 aromatic carbocycles. The molecule has 0 spiro atoms. The molecule has 0 atom stereocenters. The normalized spacial score (nSPS) is 11.3. The molecule has 3 rings (SSSR count). The second kappa shape index (κ2) is 10.2. The first-order chi connectivity index (χ1) is 15.2. The third kappa shape index (κ3) is 6.50. The fourth-order valence-electron chi connectivity index (χ4n) is 2.75. The minimum atomic E-state index is -4.61. The third-order valence-corrected chi connectivity index (χ3v) is 4.17. The molecule has 0 fully saturated rings. The molecule has 0 unspecified atom stereocenters. The van der Waals surface area contributed by atoms with Gasteiger partial charge in [0.1, 0.15) is 22.9 Å². The highest BCUT2D eigenvalue weighted by Gasteiger charge is 2.35. The number of ether oxygens (including phenoxy) is 2. The fraction of sp³-hybridized carbons (Fsp3) is 0.304. The van der Waals surface area contributed by atoms with Gasteiger partial charge in [0.25, 0.3) is 0 Å². The van der Waals surface area contributed by atoms with Crippen LogP contribution in [0.25, 0.3) is 0 Å².